The van der Waals surface area contributed by atoms with Gasteiger partial charge in [0, 0.05) is 11.1 Å². The van der Waals surface area contributed by atoms with Gasteiger partial charge in [-0.3, -0.25) is 4.79 Å². The molecule has 3 aliphatic heterocycles. The Kier molecular flexibility index (Phi) is 2.66. The highest BCUT2D eigenvalue weighted by molar-refractivity contribution is 5.93. The zero-order valence-electron chi connectivity index (χ0n) is 14.5. The largest absolute Gasteiger partial charge is 0.472 e. The zero-order valence-corrected chi connectivity index (χ0v) is 14.5. The van der Waals surface area contributed by atoms with Crippen molar-refractivity contribution in [3.8, 4) is 0 Å². The molecule has 1 saturated carbocycles. The predicted octanol–water partition coefficient (Wildman–Crippen LogP) is 2.55. The van der Waals surface area contributed by atoms with E-state index in [-0.39, 0.29) is 47.5 Å². The van der Waals surface area contributed by atoms with E-state index in [2.05, 4.69) is 6.92 Å². The lowest BCUT2D eigenvalue weighted by Gasteiger charge is -2.56. The fraction of sp³-hybridized carbons (Fsp3) is 0.600. The van der Waals surface area contributed by atoms with Crippen LogP contribution in [-0.4, -0.2) is 30.8 Å². The number of hydrogen-bond acceptors (Lipinski definition) is 6. The first-order valence-corrected chi connectivity index (χ1v) is 9.31. The van der Waals surface area contributed by atoms with E-state index in [0.717, 1.165) is 24.0 Å². The van der Waals surface area contributed by atoms with Crippen molar-refractivity contribution in [3.63, 3.8) is 0 Å². The third-order valence-corrected chi connectivity index (χ3v) is 7.51. The van der Waals surface area contributed by atoms with Crippen LogP contribution in [0.2, 0.25) is 0 Å². The van der Waals surface area contributed by atoms with Crippen molar-refractivity contribution < 1.29 is 28.2 Å². The second-order valence-electron chi connectivity index (χ2n) is 8.56. The van der Waals surface area contributed by atoms with Crippen LogP contribution in [0.1, 0.15) is 37.9 Å². The van der Waals surface area contributed by atoms with Crippen LogP contribution in [0.3, 0.4) is 0 Å². The normalized spacial score (nSPS) is 48.3. The monoisotopic (exact) mass is 356 g/mol. The van der Waals surface area contributed by atoms with Crippen LogP contribution in [0.5, 0.6) is 0 Å². The highest BCUT2D eigenvalue weighted by Gasteiger charge is 2.78. The maximum absolute atomic E-state index is 13.0. The molecular formula is C20H20O6. The van der Waals surface area contributed by atoms with Crippen LogP contribution in [0, 0.1) is 22.7 Å². The van der Waals surface area contributed by atoms with Crippen molar-refractivity contribution in [1.29, 1.82) is 0 Å². The second-order valence-corrected chi connectivity index (χ2v) is 8.56. The maximum atomic E-state index is 13.0. The number of esters is 2. The van der Waals surface area contributed by atoms with Crippen LogP contribution >= 0.6 is 0 Å². The average Bonchev–Trinajstić information content (AvgIpc) is 3.08. The van der Waals surface area contributed by atoms with Gasteiger partial charge in [0.15, 0.2) is 0 Å². The first-order chi connectivity index (χ1) is 12.6. The predicted molar refractivity (Wildman–Crippen MR) is 86.6 cm³/mol. The van der Waals surface area contributed by atoms with E-state index in [1.54, 1.807) is 12.5 Å². The molecule has 136 valence electrons. The Morgan fingerprint density at radius 3 is 2.96 bits per heavy atom. The Morgan fingerprint density at radius 1 is 1.27 bits per heavy atom. The molecule has 6 nitrogen and oxygen atoms in total. The Morgan fingerprint density at radius 2 is 2.15 bits per heavy atom. The minimum absolute atomic E-state index is 0.110. The Balaban J connectivity index is 1.48. The van der Waals surface area contributed by atoms with Crippen molar-refractivity contribution in [1.82, 2.24) is 0 Å². The highest BCUT2D eigenvalue weighted by Crippen LogP contribution is 2.71. The number of epoxide rings is 1. The van der Waals surface area contributed by atoms with Gasteiger partial charge in [0.25, 0.3) is 0 Å². The summed E-state index contributed by atoms with van der Waals surface area (Å²) in [5.74, 6) is -0.511. The fourth-order valence-electron chi connectivity index (χ4n) is 6.45. The SMILES string of the molecule is CC12CC(c3ccoc3)OC(=O)C1C1OC1C13COC(=O)C1=CCCC23. The molecule has 26 heavy (non-hydrogen) atoms. The van der Waals surface area contributed by atoms with E-state index in [1.165, 1.54) is 0 Å². The molecule has 1 aromatic rings. The van der Waals surface area contributed by atoms with Crippen molar-refractivity contribution in [2.24, 2.45) is 22.7 Å². The van der Waals surface area contributed by atoms with Crippen LogP contribution in [0.4, 0.5) is 0 Å². The second kappa shape index (κ2) is 4.60. The zero-order chi connectivity index (χ0) is 17.7. The van der Waals surface area contributed by atoms with Crippen LogP contribution in [0.15, 0.2) is 34.7 Å². The van der Waals surface area contributed by atoms with Gasteiger partial charge in [-0.1, -0.05) is 13.0 Å². The molecule has 4 fully saturated rings. The molecular weight excluding hydrogens is 336 g/mol. The summed E-state index contributed by atoms with van der Waals surface area (Å²) in [6.07, 6.45) is 7.16. The van der Waals surface area contributed by atoms with E-state index in [4.69, 9.17) is 18.6 Å². The number of furan rings is 1. The van der Waals surface area contributed by atoms with Gasteiger partial charge in [-0.15, -0.1) is 0 Å². The standard InChI is InChI=1S/C20H20O6/c1-19-7-12(10-5-6-23-8-10)25-18(22)14(19)15-16(26-15)20-9-24-17(21)11(20)3-2-4-13(19)20/h3,5-6,8,12-16H,2,4,7,9H2,1H3. The number of hydrogen-bond donors (Lipinski definition) is 0. The van der Waals surface area contributed by atoms with Gasteiger partial charge >= 0.3 is 11.9 Å². The van der Waals surface area contributed by atoms with Gasteiger partial charge in [-0.2, -0.15) is 0 Å². The third-order valence-electron chi connectivity index (χ3n) is 7.51. The molecule has 0 amide bonds. The lowest BCUT2D eigenvalue weighted by atomic mass is 9.46. The van der Waals surface area contributed by atoms with Gasteiger partial charge in [0.05, 0.1) is 36.1 Å². The topological polar surface area (TPSA) is 78.3 Å². The van der Waals surface area contributed by atoms with Crippen LogP contribution in [0.25, 0.3) is 0 Å². The molecule has 1 spiro atoms. The number of rotatable bonds is 1. The van der Waals surface area contributed by atoms with Crippen LogP contribution in [-0.2, 0) is 23.8 Å². The number of cyclic esters (lactones) is 2. The van der Waals surface area contributed by atoms with Crippen molar-refractivity contribution >= 4 is 11.9 Å². The minimum atomic E-state index is -0.399. The quantitative estimate of drug-likeness (QED) is 0.568. The van der Waals surface area contributed by atoms with Crippen LogP contribution < -0.4 is 0 Å². The molecule has 5 aliphatic rings. The molecule has 7 unspecified atom stereocenters. The number of fused-ring (bicyclic) bond motifs is 4. The summed E-state index contributed by atoms with van der Waals surface area (Å²) >= 11 is 0. The van der Waals surface area contributed by atoms with E-state index in [0.29, 0.717) is 13.0 Å². The highest BCUT2D eigenvalue weighted by atomic mass is 16.6. The lowest BCUT2D eigenvalue weighted by Crippen LogP contribution is -2.60. The summed E-state index contributed by atoms with van der Waals surface area (Å²) in [6, 6.07) is 1.85. The van der Waals surface area contributed by atoms with Gasteiger partial charge in [0.1, 0.15) is 12.7 Å². The molecule has 0 radical (unpaired) electrons. The molecule has 7 atom stereocenters. The molecule has 6 heteroatoms. The molecule has 2 aliphatic carbocycles. The maximum Gasteiger partial charge on any atom is 0.334 e. The third kappa shape index (κ3) is 1.58. The average molecular weight is 356 g/mol. The molecule has 1 aromatic heterocycles. The summed E-state index contributed by atoms with van der Waals surface area (Å²) in [6.45, 7) is 2.55. The smallest absolute Gasteiger partial charge is 0.334 e. The fourth-order valence-corrected chi connectivity index (χ4v) is 6.45. The summed E-state index contributed by atoms with van der Waals surface area (Å²) in [5, 5.41) is 0. The Bertz CT molecular complexity index is 840. The van der Waals surface area contributed by atoms with E-state index in [1.807, 2.05) is 12.1 Å². The molecule has 0 bridgehead atoms. The van der Waals surface area contributed by atoms with Gasteiger partial charge in [-0.05, 0) is 36.7 Å². The molecule has 0 aromatic carbocycles. The molecule has 0 N–H and O–H groups in total. The summed E-state index contributed by atoms with van der Waals surface area (Å²) in [5.41, 5.74) is 0.961. The van der Waals surface area contributed by atoms with Gasteiger partial charge < -0.3 is 18.6 Å². The summed E-state index contributed by atoms with van der Waals surface area (Å²) in [7, 11) is 0. The summed E-state index contributed by atoms with van der Waals surface area (Å²) in [4.78, 5) is 25.3. The number of carbonyl (C=O) groups excluding carboxylic acids is 2. The number of ether oxygens (including phenoxy) is 3. The lowest BCUT2D eigenvalue weighted by molar-refractivity contribution is -0.187. The molecule has 6 rings (SSSR count). The van der Waals surface area contributed by atoms with E-state index in [9.17, 15) is 9.59 Å². The van der Waals surface area contributed by atoms with Gasteiger partial charge in [-0.25, -0.2) is 4.79 Å². The van der Waals surface area contributed by atoms with Gasteiger partial charge in [0.2, 0.25) is 0 Å². The summed E-state index contributed by atoms with van der Waals surface area (Å²) < 4.78 is 22.5. The number of carbonyl (C=O) groups is 2. The minimum Gasteiger partial charge on any atom is -0.472 e. The number of allylic oxidation sites excluding steroid dienone is 1. The Labute approximate surface area is 150 Å². The van der Waals surface area contributed by atoms with E-state index < -0.39 is 5.41 Å². The Hall–Kier alpha value is -2.08. The van der Waals surface area contributed by atoms with Crippen molar-refractivity contribution in [2.75, 3.05) is 6.61 Å². The van der Waals surface area contributed by atoms with E-state index >= 15 is 0 Å². The van der Waals surface area contributed by atoms with Crippen molar-refractivity contribution in [2.45, 2.75) is 44.5 Å². The molecule has 3 saturated heterocycles. The first kappa shape index (κ1) is 15.0. The molecule has 4 heterocycles. The van der Waals surface area contributed by atoms with Crippen molar-refractivity contribution in [3.05, 3.63) is 35.8 Å². The first-order valence-electron chi connectivity index (χ1n) is 9.31.